The molecule has 4 nitrogen and oxygen atoms in total. The normalized spacial score (nSPS) is 11.7. The maximum absolute atomic E-state index is 4.95. The monoisotopic (exact) mass is 338 g/mol. The van der Waals surface area contributed by atoms with Gasteiger partial charge in [-0.25, -0.2) is 9.97 Å². The molecule has 0 radical (unpaired) electrons. The van der Waals surface area contributed by atoms with Gasteiger partial charge in [0.1, 0.15) is 11.2 Å². The number of aryl methyl sites for hydroxylation is 3. The van der Waals surface area contributed by atoms with E-state index in [1.807, 2.05) is 12.1 Å². The highest BCUT2D eigenvalue weighted by Gasteiger charge is 2.20. The molecule has 0 amide bonds. The van der Waals surface area contributed by atoms with Crippen LogP contribution in [0, 0.1) is 20.8 Å². The second kappa shape index (κ2) is 5.36. The minimum Gasteiger partial charge on any atom is -0.274 e. The van der Waals surface area contributed by atoms with E-state index in [0.717, 1.165) is 39.0 Å². The summed E-state index contributed by atoms with van der Waals surface area (Å²) in [5.41, 5.74) is 8.49. The van der Waals surface area contributed by atoms with Crippen LogP contribution in [0.2, 0.25) is 0 Å². The number of aromatic nitrogens is 4. The van der Waals surface area contributed by atoms with Crippen molar-refractivity contribution in [3.05, 3.63) is 71.7 Å². The van der Waals surface area contributed by atoms with E-state index in [1.165, 1.54) is 16.7 Å². The Balaban J connectivity index is 2.10. The Kier molecular flexibility index (Phi) is 3.10. The first-order valence-electron chi connectivity index (χ1n) is 8.74. The van der Waals surface area contributed by atoms with Crippen LogP contribution in [-0.4, -0.2) is 19.4 Å². The van der Waals surface area contributed by atoms with Crippen molar-refractivity contribution in [1.29, 1.82) is 0 Å². The zero-order valence-corrected chi connectivity index (χ0v) is 15.0. The van der Waals surface area contributed by atoms with Crippen LogP contribution in [-0.2, 0) is 0 Å². The number of imidazole rings is 1. The quantitative estimate of drug-likeness (QED) is 0.403. The molecular weight excluding hydrogens is 320 g/mol. The number of nitrogens with zero attached hydrogens (tertiary/aromatic N) is 4. The number of pyridine rings is 1. The molecule has 3 heterocycles. The van der Waals surface area contributed by atoms with E-state index in [4.69, 9.17) is 4.98 Å². The van der Waals surface area contributed by atoms with Crippen LogP contribution in [0.1, 0.15) is 16.8 Å². The molecule has 0 N–H and O–H groups in total. The average Bonchev–Trinajstić information content (AvgIpc) is 2.99. The van der Waals surface area contributed by atoms with Crippen LogP contribution in [0.4, 0.5) is 0 Å². The predicted molar refractivity (Wildman–Crippen MR) is 105 cm³/mol. The Morgan fingerprint density at radius 2 is 1.42 bits per heavy atom. The van der Waals surface area contributed by atoms with Crippen molar-refractivity contribution in [1.82, 2.24) is 19.4 Å². The van der Waals surface area contributed by atoms with Gasteiger partial charge in [0.25, 0.3) is 0 Å². The Labute approximate surface area is 151 Å². The zero-order valence-electron chi connectivity index (χ0n) is 15.0. The van der Waals surface area contributed by atoms with Gasteiger partial charge in [-0.15, -0.1) is 0 Å². The van der Waals surface area contributed by atoms with Crippen LogP contribution in [0.3, 0.4) is 0 Å². The third-order valence-electron chi connectivity index (χ3n) is 5.08. The SMILES string of the molecule is Cc1cccc(C)c1-c1c(C)nc2c3ccccc3c3nccnc3n12. The summed E-state index contributed by atoms with van der Waals surface area (Å²) in [6.07, 6.45) is 3.50. The molecule has 26 heavy (non-hydrogen) atoms. The smallest absolute Gasteiger partial charge is 0.165 e. The third-order valence-corrected chi connectivity index (χ3v) is 5.08. The van der Waals surface area contributed by atoms with Crippen LogP contribution in [0.25, 0.3) is 38.8 Å². The lowest BCUT2D eigenvalue weighted by Crippen LogP contribution is -1.99. The molecule has 2 aromatic carbocycles. The molecular formula is C22H18N4. The minimum atomic E-state index is 0.847. The summed E-state index contributed by atoms with van der Waals surface area (Å²) in [4.78, 5) is 14.3. The van der Waals surface area contributed by atoms with Crippen molar-refractivity contribution >= 4 is 27.6 Å². The van der Waals surface area contributed by atoms with Crippen molar-refractivity contribution < 1.29 is 0 Å². The van der Waals surface area contributed by atoms with Crippen molar-refractivity contribution in [2.24, 2.45) is 0 Å². The molecule has 0 bridgehead atoms. The molecule has 3 aromatic heterocycles. The van der Waals surface area contributed by atoms with E-state index >= 15 is 0 Å². The van der Waals surface area contributed by atoms with E-state index in [-0.39, 0.29) is 0 Å². The summed E-state index contributed by atoms with van der Waals surface area (Å²) in [6, 6.07) is 14.7. The molecule has 4 heteroatoms. The highest BCUT2D eigenvalue weighted by atomic mass is 15.1. The number of fused-ring (bicyclic) bond motifs is 6. The Bertz CT molecular complexity index is 1290. The highest BCUT2D eigenvalue weighted by Crippen LogP contribution is 2.35. The summed E-state index contributed by atoms with van der Waals surface area (Å²) in [5, 5.41) is 2.18. The van der Waals surface area contributed by atoms with E-state index in [9.17, 15) is 0 Å². The van der Waals surface area contributed by atoms with Crippen LogP contribution < -0.4 is 0 Å². The highest BCUT2D eigenvalue weighted by molar-refractivity contribution is 6.09. The molecule has 5 aromatic rings. The maximum Gasteiger partial charge on any atom is 0.165 e. The third kappa shape index (κ3) is 1.93. The van der Waals surface area contributed by atoms with Crippen LogP contribution >= 0.6 is 0 Å². The van der Waals surface area contributed by atoms with Crippen molar-refractivity contribution in [3.8, 4) is 11.3 Å². The van der Waals surface area contributed by atoms with Crippen molar-refractivity contribution in [2.45, 2.75) is 20.8 Å². The molecule has 126 valence electrons. The Hall–Kier alpha value is -3.27. The van der Waals surface area contributed by atoms with Gasteiger partial charge >= 0.3 is 0 Å². The summed E-state index contributed by atoms with van der Waals surface area (Å²) in [7, 11) is 0. The van der Waals surface area contributed by atoms with Gasteiger partial charge < -0.3 is 0 Å². The molecule has 0 aliphatic carbocycles. The largest absolute Gasteiger partial charge is 0.274 e. The predicted octanol–water partition coefficient (Wildman–Crippen LogP) is 5.02. The second-order valence-electron chi connectivity index (χ2n) is 6.75. The molecule has 0 unspecified atom stereocenters. The Morgan fingerprint density at radius 3 is 2.19 bits per heavy atom. The zero-order chi connectivity index (χ0) is 17.8. The van der Waals surface area contributed by atoms with Gasteiger partial charge in [0.05, 0.1) is 11.4 Å². The topological polar surface area (TPSA) is 43.1 Å². The number of benzene rings is 2. The number of hydrogen-bond acceptors (Lipinski definition) is 3. The maximum atomic E-state index is 4.95. The molecule has 0 saturated carbocycles. The first-order chi connectivity index (χ1) is 12.7. The molecule has 5 rings (SSSR count). The van der Waals surface area contributed by atoms with Crippen molar-refractivity contribution in [3.63, 3.8) is 0 Å². The summed E-state index contributed by atoms with van der Waals surface area (Å²) in [6.45, 7) is 6.37. The van der Waals surface area contributed by atoms with Gasteiger partial charge in [0.2, 0.25) is 0 Å². The van der Waals surface area contributed by atoms with Gasteiger partial charge in [-0.05, 0) is 31.9 Å². The fourth-order valence-corrected chi connectivity index (χ4v) is 3.97. The summed E-state index contributed by atoms with van der Waals surface area (Å²) in [5.74, 6) is 0. The summed E-state index contributed by atoms with van der Waals surface area (Å²) < 4.78 is 2.18. The number of hydrogen-bond donors (Lipinski definition) is 0. The molecule has 0 aliphatic heterocycles. The van der Waals surface area contributed by atoms with E-state index in [2.05, 4.69) is 65.5 Å². The molecule has 0 saturated heterocycles. The molecule has 0 spiro atoms. The summed E-state index contributed by atoms with van der Waals surface area (Å²) >= 11 is 0. The van der Waals surface area contributed by atoms with Gasteiger partial charge in [-0.3, -0.25) is 9.38 Å². The van der Waals surface area contributed by atoms with E-state index in [1.54, 1.807) is 12.4 Å². The first-order valence-corrected chi connectivity index (χ1v) is 8.74. The number of rotatable bonds is 1. The first kappa shape index (κ1) is 15.0. The molecule has 0 atom stereocenters. The minimum absolute atomic E-state index is 0.847. The second-order valence-corrected chi connectivity index (χ2v) is 6.75. The van der Waals surface area contributed by atoms with Gasteiger partial charge in [0, 0.05) is 28.7 Å². The standard InChI is InChI=1S/C22H18N4/c1-13-7-6-8-14(2)18(13)20-15(3)25-21-17-10-5-4-9-16(17)19-22(26(20)21)24-12-11-23-19/h4-12H,1-3H3. The van der Waals surface area contributed by atoms with E-state index < -0.39 is 0 Å². The fourth-order valence-electron chi connectivity index (χ4n) is 3.97. The van der Waals surface area contributed by atoms with E-state index in [0.29, 0.717) is 0 Å². The molecule has 0 aliphatic rings. The fraction of sp³-hybridized carbons (Fsp3) is 0.136. The Morgan fingerprint density at radius 1 is 0.731 bits per heavy atom. The van der Waals surface area contributed by atoms with Crippen LogP contribution in [0.5, 0.6) is 0 Å². The average molecular weight is 338 g/mol. The van der Waals surface area contributed by atoms with Gasteiger partial charge in [-0.2, -0.15) is 0 Å². The van der Waals surface area contributed by atoms with Crippen LogP contribution in [0.15, 0.2) is 54.9 Å². The molecule has 0 fully saturated rings. The lowest BCUT2D eigenvalue weighted by molar-refractivity contribution is 1.16. The van der Waals surface area contributed by atoms with Crippen molar-refractivity contribution in [2.75, 3.05) is 0 Å². The lowest BCUT2D eigenvalue weighted by Gasteiger charge is -2.13. The van der Waals surface area contributed by atoms with Gasteiger partial charge in [-0.1, -0.05) is 42.5 Å². The lowest BCUT2D eigenvalue weighted by atomic mass is 9.99. The van der Waals surface area contributed by atoms with Gasteiger partial charge in [0.15, 0.2) is 5.65 Å².